The van der Waals surface area contributed by atoms with E-state index >= 15 is 0 Å². The Morgan fingerprint density at radius 1 is 0.792 bits per heavy atom. The largest absolute Gasteiger partial charge is 0.467 e. The quantitative estimate of drug-likeness (QED) is 0.303. The number of hydrogen-bond acceptors (Lipinski definition) is 8. The van der Waals surface area contributed by atoms with Gasteiger partial charge in [0.1, 0.15) is 12.1 Å². The third kappa shape index (κ3) is 9.02. The Kier molecular flexibility index (Phi) is 12.2. The van der Waals surface area contributed by atoms with Gasteiger partial charge >= 0.3 is 11.9 Å². The van der Waals surface area contributed by atoms with Gasteiger partial charge in [-0.1, -0.05) is 35.4 Å². The van der Waals surface area contributed by atoms with Crippen molar-refractivity contribution in [1.29, 1.82) is 0 Å². The molecule has 0 rings (SSSR count). The van der Waals surface area contributed by atoms with Crippen LogP contribution in [0.5, 0.6) is 0 Å². The van der Waals surface area contributed by atoms with Crippen molar-refractivity contribution in [3.05, 3.63) is 0 Å². The second-order valence-corrected chi connectivity index (χ2v) is 7.11. The normalized spacial score (nSPS) is 12.7. The minimum atomic E-state index is -0.762. The summed E-state index contributed by atoms with van der Waals surface area (Å²) in [5.41, 5.74) is 0. The van der Waals surface area contributed by atoms with Gasteiger partial charge in [-0.15, -0.1) is 0 Å². The van der Waals surface area contributed by atoms with E-state index in [0.717, 1.165) is 0 Å². The number of carbonyl (C=O) groups excluding carboxylic acids is 4. The summed E-state index contributed by atoms with van der Waals surface area (Å²) in [6, 6.07) is -1.52. The SMILES string of the molecule is CCC(=O)NC(CSSC[C@H](NC(=O)CC)C(=O)OC)C(=O)OC. The van der Waals surface area contributed by atoms with Crippen LogP contribution in [0.3, 0.4) is 0 Å². The third-order valence-electron chi connectivity index (χ3n) is 2.84. The topological polar surface area (TPSA) is 111 Å². The molecule has 0 aliphatic heterocycles. The molecule has 0 saturated carbocycles. The molecule has 0 aromatic heterocycles. The molecular weight excluding hydrogens is 356 g/mol. The molecule has 0 heterocycles. The van der Waals surface area contributed by atoms with Gasteiger partial charge in [0, 0.05) is 24.3 Å². The zero-order valence-electron chi connectivity index (χ0n) is 14.2. The molecule has 0 spiro atoms. The van der Waals surface area contributed by atoms with E-state index < -0.39 is 24.0 Å². The third-order valence-corrected chi connectivity index (χ3v) is 5.26. The lowest BCUT2D eigenvalue weighted by molar-refractivity contribution is -0.144. The van der Waals surface area contributed by atoms with Gasteiger partial charge in [-0.05, 0) is 0 Å². The minimum Gasteiger partial charge on any atom is -0.467 e. The molecule has 1 unspecified atom stereocenters. The van der Waals surface area contributed by atoms with E-state index in [9.17, 15) is 19.2 Å². The Morgan fingerprint density at radius 3 is 1.38 bits per heavy atom. The number of carbonyl (C=O) groups is 4. The van der Waals surface area contributed by atoms with E-state index in [1.54, 1.807) is 13.8 Å². The molecule has 0 aliphatic carbocycles. The van der Waals surface area contributed by atoms with Gasteiger partial charge in [-0.2, -0.15) is 0 Å². The van der Waals surface area contributed by atoms with Crippen molar-refractivity contribution in [2.45, 2.75) is 38.8 Å². The first-order valence-electron chi connectivity index (χ1n) is 7.38. The molecule has 0 radical (unpaired) electrons. The van der Waals surface area contributed by atoms with Crippen LogP contribution in [0.4, 0.5) is 0 Å². The van der Waals surface area contributed by atoms with Crippen LogP contribution in [0.25, 0.3) is 0 Å². The summed E-state index contributed by atoms with van der Waals surface area (Å²) < 4.78 is 9.30. The average molecular weight is 380 g/mol. The van der Waals surface area contributed by atoms with Crippen molar-refractivity contribution in [1.82, 2.24) is 10.6 Å². The van der Waals surface area contributed by atoms with Crippen molar-refractivity contribution in [3.8, 4) is 0 Å². The molecule has 10 heteroatoms. The van der Waals surface area contributed by atoms with Crippen molar-refractivity contribution >= 4 is 45.3 Å². The first kappa shape index (κ1) is 22.6. The summed E-state index contributed by atoms with van der Waals surface area (Å²) in [4.78, 5) is 46.1. The van der Waals surface area contributed by atoms with E-state index in [-0.39, 0.29) is 36.2 Å². The maximum atomic E-state index is 11.6. The molecular formula is C14H24N2O6S2. The summed E-state index contributed by atoms with van der Waals surface area (Å²) in [6.45, 7) is 3.37. The molecule has 0 bridgehead atoms. The second kappa shape index (κ2) is 12.9. The van der Waals surface area contributed by atoms with Crippen molar-refractivity contribution in [2.24, 2.45) is 0 Å². The zero-order chi connectivity index (χ0) is 18.5. The fourth-order valence-electron chi connectivity index (χ4n) is 1.45. The monoisotopic (exact) mass is 380 g/mol. The van der Waals surface area contributed by atoms with Gasteiger partial charge in [0.2, 0.25) is 11.8 Å². The van der Waals surface area contributed by atoms with Gasteiger partial charge in [-0.3, -0.25) is 9.59 Å². The van der Waals surface area contributed by atoms with E-state index in [4.69, 9.17) is 0 Å². The second-order valence-electron chi connectivity index (χ2n) is 4.56. The van der Waals surface area contributed by atoms with Crippen LogP contribution >= 0.6 is 21.6 Å². The molecule has 2 amide bonds. The first-order valence-corrected chi connectivity index (χ1v) is 9.87. The fourth-order valence-corrected chi connectivity index (χ4v) is 3.74. The number of ether oxygens (including phenoxy) is 2. The Hall–Kier alpha value is -1.42. The Bertz CT molecular complexity index is 407. The van der Waals surface area contributed by atoms with Crippen molar-refractivity contribution in [2.75, 3.05) is 25.7 Å². The Balaban J connectivity index is 4.45. The van der Waals surface area contributed by atoms with E-state index in [1.165, 1.54) is 35.8 Å². The lowest BCUT2D eigenvalue weighted by atomic mass is 10.3. The van der Waals surface area contributed by atoms with E-state index in [2.05, 4.69) is 20.1 Å². The van der Waals surface area contributed by atoms with Gasteiger partial charge in [0.25, 0.3) is 0 Å². The molecule has 0 aromatic rings. The molecule has 0 aliphatic rings. The summed E-state index contributed by atoms with van der Waals surface area (Å²) >= 11 is 0. The van der Waals surface area contributed by atoms with Crippen LogP contribution < -0.4 is 10.6 Å². The molecule has 0 fully saturated rings. The van der Waals surface area contributed by atoms with Crippen molar-refractivity contribution in [3.63, 3.8) is 0 Å². The summed E-state index contributed by atoms with van der Waals surface area (Å²) in [6.07, 6.45) is 0.525. The van der Waals surface area contributed by atoms with Gasteiger partial charge in [-0.25, -0.2) is 9.59 Å². The molecule has 0 aromatic carbocycles. The first-order chi connectivity index (χ1) is 11.4. The lowest BCUT2D eigenvalue weighted by Gasteiger charge is -2.17. The summed E-state index contributed by atoms with van der Waals surface area (Å²) in [7, 11) is 5.08. The van der Waals surface area contributed by atoms with E-state index in [1.807, 2.05) is 0 Å². The predicted molar refractivity (Wildman–Crippen MR) is 93.4 cm³/mol. The zero-order valence-corrected chi connectivity index (χ0v) is 15.9. The summed E-state index contributed by atoms with van der Waals surface area (Å²) in [5, 5.41) is 5.14. The highest BCUT2D eigenvalue weighted by Gasteiger charge is 2.23. The lowest BCUT2D eigenvalue weighted by Crippen LogP contribution is -2.43. The highest BCUT2D eigenvalue weighted by Crippen LogP contribution is 2.23. The van der Waals surface area contributed by atoms with Crippen LogP contribution in [0.15, 0.2) is 0 Å². The van der Waals surface area contributed by atoms with Crippen LogP contribution in [0.2, 0.25) is 0 Å². The van der Waals surface area contributed by atoms with E-state index in [0.29, 0.717) is 0 Å². The molecule has 138 valence electrons. The smallest absolute Gasteiger partial charge is 0.329 e. The maximum absolute atomic E-state index is 11.6. The summed E-state index contributed by atoms with van der Waals surface area (Å²) in [5.74, 6) is -1.02. The number of amides is 2. The van der Waals surface area contributed by atoms with Gasteiger partial charge < -0.3 is 20.1 Å². The van der Waals surface area contributed by atoms with Crippen LogP contribution in [-0.2, 0) is 28.7 Å². The Labute approximate surface area is 149 Å². The highest BCUT2D eigenvalue weighted by atomic mass is 33.1. The van der Waals surface area contributed by atoms with Crippen LogP contribution in [-0.4, -0.2) is 61.6 Å². The van der Waals surface area contributed by atoms with Crippen molar-refractivity contribution < 1.29 is 28.7 Å². The standard InChI is InChI=1S/C14H24N2O6S2/c1-5-11(17)15-9(13(19)21-3)7-23-24-8-10(14(20)22-4)16-12(18)6-2/h9-10H,5-8H2,1-4H3,(H,15,17)(H,16,18)/t9-,10?/m0/s1. The minimum absolute atomic E-state index is 0.251. The Morgan fingerprint density at radius 2 is 1.12 bits per heavy atom. The molecule has 24 heavy (non-hydrogen) atoms. The maximum Gasteiger partial charge on any atom is 0.329 e. The number of methoxy groups -OCH3 is 2. The van der Waals surface area contributed by atoms with Crippen LogP contribution in [0.1, 0.15) is 26.7 Å². The number of rotatable bonds is 11. The number of nitrogens with one attached hydrogen (secondary N) is 2. The molecule has 2 N–H and O–H groups in total. The molecule has 8 nitrogen and oxygen atoms in total. The number of hydrogen-bond donors (Lipinski definition) is 2. The average Bonchev–Trinajstić information content (AvgIpc) is 2.60. The van der Waals surface area contributed by atoms with Gasteiger partial charge in [0.15, 0.2) is 0 Å². The number of esters is 2. The van der Waals surface area contributed by atoms with Gasteiger partial charge in [0.05, 0.1) is 14.2 Å². The molecule has 0 saturated heterocycles. The van der Waals surface area contributed by atoms with Crippen LogP contribution in [0, 0.1) is 0 Å². The fraction of sp³-hybridized carbons (Fsp3) is 0.714. The molecule has 2 atom stereocenters. The highest BCUT2D eigenvalue weighted by molar-refractivity contribution is 8.76. The predicted octanol–water partition coefficient (Wildman–Crippen LogP) is 0.503.